The van der Waals surface area contributed by atoms with Crippen molar-refractivity contribution in [3.8, 4) is 0 Å². The van der Waals surface area contributed by atoms with E-state index in [0.717, 1.165) is 0 Å². The Balaban J connectivity index is 2.24. The highest BCUT2D eigenvalue weighted by atomic mass is 79.9. The van der Waals surface area contributed by atoms with Crippen LogP contribution in [0.3, 0.4) is 0 Å². The third kappa shape index (κ3) is 2.58. The summed E-state index contributed by atoms with van der Waals surface area (Å²) in [4.78, 5) is 1.43. The van der Waals surface area contributed by atoms with Crippen LogP contribution in [0.1, 0.15) is 42.2 Å². The molecule has 1 aromatic heterocycles. The molecule has 1 heterocycles. The highest BCUT2D eigenvalue weighted by Crippen LogP contribution is 2.36. The molecule has 0 fully saturated rings. The van der Waals surface area contributed by atoms with E-state index in [4.69, 9.17) is 0 Å². The highest BCUT2D eigenvalue weighted by molar-refractivity contribution is 9.11. The van der Waals surface area contributed by atoms with Crippen LogP contribution in [0.2, 0.25) is 0 Å². The zero-order valence-electron chi connectivity index (χ0n) is 9.85. The summed E-state index contributed by atoms with van der Waals surface area (Å²) in [6.07, 6.45) is 7.62. The van der Waals surface area contributed by atoms with Crippen molar-refractivity contribution in [3.05, 3.63) is 31.9 Å². The van der Waals surface area contributed by atoms with E-state index in [2.05, 4.69) is 47.4 Å². The number of hydrogen-bond donors (Lipinski definition) is 1. The van der Waals surface area contributed by atoms with Gasteiger partial charge < -0.3 is 5.32 Å². The van der Waals surface area contributed by atoms with Gasteiger partial charge in [0.2, 0.25) is 0 Å². The lowest BCUT2D eigenvalue weighted by molar-refractivity contribution is 0.599. The number of thiophene rings is 1. The van der Waals surface area contributed by atoms with Crippen molar-refractivity contribution < 1.29 is 0 Å². The molecule has 0 aliphatic heterocycles. The smallest absolute Gasteiger partial charge is 0.0731 e. The van der Waals surface area contributed by atoms with Gasteiger partial charge in [-0.05, 0) is 67.2 Å². The Morgan fingerprint density at radius 3 is 2.75 bits per heavy atom. The average molecular weight is 300 g/mol. The van der Waals surface area contributed by atoms with Gasteiger partial charge in [0.1, 0.15) is 0 Å². The van der Waals surface area contributed by atoms with Gasteiger partial charge in [0.25, 0.3) is 0 Å². The second kappa shape index (κ2) is 5.48. The van der Waals surface area contributed by atoms with E-state index in [1.54, 1.807) is 5.57 Å². The summed E-state index contributed by atoms with van der Waals surface area (Å²) in [6.45, 7) is 2.16. The first kappa shape index (κ1) is 12.3. The first-order chi connectivity index (χ1) is 7.72. The van der Waals surface area contributed by atoms with Gasteiger partial charge >= 0.3 is 0 Å². The third-order valence-corrected chi connectivity index (χ3v) is 5.35. The Bertz CT molecular complexity index is 375. The second-order valence-electron chi connectivity index (χ2n) is 4.35. The summed E-state index contributed by atoms with van der Waals surface area (Å²) in [6, 6.07) is 2.72. The van der Waals surface area contributed by atoms with E-state index in [-0.39, 0.29) is 0 Å². The maximum Gasteiger partial charge on any atom is 0.0731 e. The van der Waals surface area contributed by atoms with E-state index < -0.39 is 0 Å². The molecule has 0 saturated heterocycles. The van der Waals surface area contributed by atoms with Crippen molar-refractivity contribution in [2.24, 2.45) is 0 Å². The standard InChI is InChI=1S/C13H18BrNS/c1-9-8-11(16-13(9)14)12(15-2)10-6-4-3-5-7-10/h6,8,12,15H,3-5,7H2,1-2H3. The summed E-state index contributed by atoms with van der Waals surface area (Å²) in [7, 11) is 2.06. The Labute approximate surface area is 110 Å². The topological polar surface area (TPSA) is 12.0 Å². The monoisotopic (exact) mass is 299 g/mol. The Morgan fingerprint density at radius 1 is 1.44 bits per heavy atom. The maximum absolute atomic E-state index is 3.61. The molecule has 1 aliphatic carbocycles. The summed E-state index contributed by atoms with van der Waals surface area (Å²) in [5, 5.41) is 3.45. The predicted octanol–water partition coefficient (Wildman–Crippen LogP) is 4.58. The second-order valence-corrected chi connectivity index (χ2v) is 6.75. The van der Waals surface area contributed by atoms with Crippen molar-refractivity contribution in [1.82, 2.24) is 5.32 Å². The lowest BCUT2D eigenvalue weighted by atomic mass is 9.93. The largest absolute Gasteiger partial charge is 0.309 e. The van der Waals surface area contributed by atoms with Crippen LogP contribution in [-0.4, -0.2) is 7.05 Å². The summed E-state index contributed by atoms with van der Waals surface area (Å²) >= 11 is 5.46. The number of halogens is 1. The first-order valence-corrected chi connectivity index (χ1v) is 7.45. The summed E-state index contributed by atoms with van der Waals surface area (Å²) < 4.78 is 1.26. The SMILES string of the molecule is CNC(C1=CCCCC1)c1cc(C)c(Br)s1. The molecule has 0 radical (unpaired) electrons. The first-order valence-electron chi connectivity index (χ1n) is 5.84. The molecule has 1 aliphatic rings. The molecule has 88 valence electrons. The summed E-state index contributed by atoms with van der Waals surface area (Å²) in [5.41, 5.74) is 2.92. The molecular formula is C13H18BrNS. The maximum atomic E-state index is 3.61. The highest BCUT2D eigenvalue weighted by Gasteiger charge is 2.18. The number of allylic oxidation sites excluding steroid dienone is 1. The van der Waals surface area contributed by atoms with E-state index >= 15 is 0 Å². The molecule has 1 nitrogen and oxygen atoms in total. The van der Waals surface area contributed by atoms with Crippen LogP contribution in [0.4, 0.5) is 0 Å². The van der Waals surface area contributed by atoms with E-state index in [1.165, 1.54) is 39.9 Å². The number of hydrogen-bond acceptors (Lipinski definition) is 2. The van der Waals surface area contributed by atoms with Crippen LogP contribution >= 0.6 is 27.3 Å². The zero-order chi connectivity index (χ0) is 11.5. The molecule has 1 aromatic rings. The lowest BCUT2D eigenvalue weighted by Crippen LogP contribution is -2.18. The van der Waals surface area contributed by atoms with Crippen molar-refractivity contribution >= 4 is 27.3 Å². The van der Waals surface area contributed by atoms with Gasteiger partial charge in [0.15, 0.2) is 0 Å². The minimum absolute atomic E-state index is 0.426. The van der Waals surface area contributed by atoms with E-state index in [0.29, 0.717) is 6.04 Å². The lowest BCUT2D eigenvalue weighted by Gasteiger charge is -2.21. The van der Waals surface area contributed by atoms with Gasteiger partial charge in [-0.15, -0.1) is 11.3 Å². The molecule has 1 atom stereocenters. The van der Waals surface area contributed by atoms with E-state index in [1.807, 2.05) is 11.3 Å². The van der Waals surface area contributed by atoms with Crippen molar-refractivity contribution in [1.29, 1.82) is 0 Å². The van der Waals surface area contributed by atoms with Gasteiger partial charge in [-0.3, -0.25) is 0 Å². The van der Waals surface area contributed by atoms with Gasteiger partial charge in [0, 0.05) is 4.88 Å². The van der Waals surface area contributed by atoms with Crippen LogP contribution in [0.25, 0.3) is 0 Å². The van der Waals surface area contributed by atoms with Crippen molar-refractivity contribution in [2.75, 3.05) is 7.05 Å². The number of rotatable bonds is 3. The minimum atomic E-state index is 0.426. The van der Waals surface area contributed by atoms with Gasteiger partial charge in [-0.2, -0.15) is 0 Å². The molecule has 0 bridgehead atoms. The molecule has 16 heavy (non-hydrogen) atoms. The fraction of sp³-hybridized carbons (Fsp3) is 0.538. The van der Waals surface area contributed by atoms with Crippen molar-refractivity contribution in [2.45, 2.75) is 38.6 Å². The Kier molecular flexibility index (Phi) is 4.22. The molecule has 0 spiro atoms. The van der Waals surface area contributed by atoms with Crippen LogP contribution in [-0.2, 0) is 0 Å². The van der Waals surface area contributed by atoms with Crippen molar-refractivity contribution in [3.63, 3.8) is 0 Å². The molecule has 1 N–H and O–H groups in total. The molecule has 2 rings (SSSR count). The molecule has 1 unspecified atom stereocenters. The fourth-order valence-electron chi connectivity index (χ4n) is 2.26. The third-order valence-electron chi connectivity index (χ3n) is 3.15. The summed E-state index contributed by atoms with van der Waals surface area (Å²) in [5.74, 6) is 0. The number of aryl methyl sites for hydroxylation is 1. The minimum Gasteiger partial charge on any atom is -0.309 e. The molecule has 0 aromatic carbocycles. The fourth-order valence-corrected chi connectivity index (χ4v) is 3.99. The molecule has 0 saturated carbocycles. The molecule has 3 heteroatoms. The van der Waals surface area contributed by atoms with Crippen LogP contribution < -0.4 is 5.32 Å². The van der Waals surface area contributed by atoms with Crippen LogP contribution in [0.15, 0.2) is 21.5 Å². The quantitative estimate of drug-likeness (QED) is 0.806. The van der Waals surface area contributed by atoms with Crippen LogP contribution in [0.5, 0.6) is 0 Å². The van der Waals surface area contributed by atoms with Gasteiger partial charge in [-0.25, -0.2) is 0 Å². The molecular weight excluding hydrogens is 282 g/mol. The number of nitrogens with one attached hydrogen (secondary N) is 1. The van der Waals surface area contributed by atoms with Gasteiger partial charge in [0.05, 0.1) is 9.83 Å². The normalized spacial score (nSPS) is 18.3. The number of likely N-dealkylation sites (N-methyl/N-ethyl adjacent to an activating group) is 1. The zero-order valence-corrected chi connectivity index (χ0v) is 12.2. The van der Waals surface area contributed by atoms with Crippen LogP contribution in [0, 0.1) is 6.92 Å². The Hall–Kier alpha value is -0.120. The van der Waals surface area contributed by atoms with E-state index in [9.17, 15) is 0 Å². The predicted molar refractivity (Wildman–Crippen MR) is 75.1 cm³/mol. The molecule has 0 amide bonds. The Morgan fingerprint density at radius 2 is 2.25 bits per heavy atom. The van der Waals surface area contributed by atoms with Gasteiger partial charge in [-0.1, -0.05) is 11.6 Å². The average Bonchev–Trinajstić information content (AvgIpc) is 2.61.